The standard InChI is InChI=1S/C22H15Cl2N3O3S/c23-16-5-3-14(4-6-16)12-25-26-22-27(13-18-2-1-9-30-18)21(29)20(31-22)11-15-10-17(24)7-8-19(15)28/h1-12,28H,13H2/b20-11-,25-12+,26-22-. The molecule has 2 aromatic carbocycles. The molecule has 1 amide bonds. The van der Waals surface area contributed by atoms with E-state index in [1.165, 1.54) is 11.0 Å². The van der Waals surface area contributed by atoms with Crippen molar-refractivity contribution < 1.29 is 14.3 Å². The molecule has 1 N–H and O–H groups in total. The summed E-state index contributed by atoms with van der Waals surface area (Å²) in [4.78, 5) is 14.9. The lowest BCUT2D eigenvalue weighted by atomic mass is 10.2. The molecule has 3 aromatic rings. The number of thioether (sulfide) groups is 1. The number of hydrogen-bond acceptors (Lipinski definition) is 6. The maximum Gasteiger partial charge on any atom is 0.267 e. The third kappa shape index (κ3) is 5.19. The summed E-state index contributed by atoms with van der Waals surface area (Å²) in [6.45, 7) is 0.201. The second-order valence-electron chi connectivity index (χ2n) is 6.46. The summed E-state index contributed by atoms with van der Waals surface area (Å²) < 4.78 is 5.38. The number of halogens is 2. The highest BCUT2D eigenvalue weighted by atomic mass is 35.5. The van der Waals surface area contributed by atoms with Gasteiger partial charge in [0.05, 0.1) is 23.9 Å². The Bertz CT molecular complexity index is 1190. The van der Waals surface area contributed by atoms with Gasteiger partial charge in [0, 0.05) is 15.6 Å². The largest absolute Gasteiger partial charge is 0.507 e. The Hall–Kier alpha value is -3.00. The van der Waals surface area contributed by atoms with Gasteiger partial charge in [-0.1, -0.05) is 35.3 Å². The van der Waals surface area contributed by atoms with E-state index in [2.05, 4.69) is 10.2 Å². The molecule has 31 heavy (non-hydrogen) atoms. The van der Waals surface area contributed by atoms with Gasteiger partial charge >= 0.3 is 0 Å². The highest BCUT2D eigenvalue weighted by molar-refractivity contribution is 8.18. The highest BCUT2D eigenvalue weighted by Gasteiger charge is 2.34. The summed E-state index contributed by atoms with van der Waals surface area (Å²) >= 11 is 13.1. The van der Waals surface area contributed by atoms with Gasteiger partial charge < -0.3 is 9.52 Å². The fourth-order valence-electron chi connectivity index (χ4n) is 2.76. The molecule has 2 heterocycles. The molecule has 9 heteroatoms. The molecule has 1 aliphatic rings. The molecule has 4 rings (SSSR count). The van der Waals surface area contributed by atoms with Gasteiger partial charge in [-0.2, -0.15) is 5.10 Å². The van der Waals surface area contributed by atoms with Crippen molar-refractivity contribution in [2.24, 2.45) is 10.2 Å². The van der Waals surface area contributed by atoms with Gasteiger partial charge in [-0.15, -0.1) is 5.10 Å². The number of carbonyl (C=O) groups excluding carboxylic acids is 1. The summed E-state index contributed by atoms with van der Waals surface area (Å²) in [6.07, 6.45) is 4.69. The van der Waals surface area contributed by atoms with Crippen LogP contribution in [0.4, 0.5) is 0 Å². The molecule has 6 nitrogen and oxygen atoms in total. The Morgan fingerprint density at radius 3 is 2.61 bits per heavy atom. The molecule has 0 aliphatic carbocycles. The zero-order chi connectivity index (χ0) is 21.8. The molecular weight excluding hydrogens is 457 g/mol. The molecule has 0 unspecified atom stereocenters. The number of phenols is 1. The maximum absolute atomic E-state index is 13.0. The van der Waals surface area contributed by atoms with E-state index in [0.717, 1.165) is 17.3 Å². The summed E-state index contributed by atoms with van der Waals surface area (Å²) in [6, 6.07) is 15.3. The Morgan fingerprint density at radius 2 is 1.87 bits per heavy atom. The van der Waals surface area contributed by atoms with Crippen molar-refractivity contribution in [1.82, 2.24) is 4.90 Å². The summed E-state index contributed by atoms with van der Waals surface area (Å²) in [5, 5.41) is 19.9. The lowest BCUT2D eigenvalue weighted by Crippen LogP contribution is -2.28. The van der Waals surface area contributed by atoms with Crippen molar-refractivity contribution in [3.8, 4) is 5.75 Å². The minimum absolute atomic E-state index is 0.0223. The van der Waals surface area contributed by atoms with Crippen molar-refractivity contribution in [2.75, 3.05) is 0 Å². The monoisotopic (exact) mass is 471 g/mol. The first-order valence-corrected chi connectivity index (χ1v) is 10.7. The number of carbonyl (C=O) groups is 1. The van der Waals surface area contributed by atoms with Gasteiger partial charge in [0.25, 0.3) is 5.91 Å². The number of benzene rings is 2. The van der Waals surface area contributed by atoms with E-state index in [0.29, 0.717) is 31.4 Å². The lowest BCUT2D eigenvalue weighted by Gasteiger charge is -2.12. The quantitative estimate of drug-likeness (QED) is 0.289. The smallest absolute Gasteiger partial charge is 0.267 e. The van der Waals surface area contributed by atoms with Gasteiger partial charge in [-0.25, -0.2) is 0 Å². The van der Waals surface area contributed by atoms with Crippen LogP contribution < -0.4 is 0 Å². The zero-order valence-electron chi connectivity index (χ0n) is 15.9. The average molecular weight is 472 g/mol. The topological polar surface area (TPSA) is 78.4 Å². The Balaban J connectivity index is 1.64. The van der Waals surface area contributed by atoms with Gasteiger partial charge in [0.15, 0.2) is 5.17 Å². The molecule has 0 atom stereocenters. The van der Waals surface area contributed by atoms with E-state index in [1.807, 2.05) is 12.1 Å². The first kappa shape index (κ1) is 21.2. The van der Waals surface area contributed by atoms with E-state index >= 15 is 0 Å². The van der Waals surface area contributed by atoms with Crippen LogP contribution in [0.3, 0.4) is 0 Å². The summed E-state index contributed by atoms with van der Waals surface area (Å²) in [5.74, 6) is 0.352. The molecule has 1 saturated heterocycles. The van der Waals surface area contributed by atoms with E-state index in [-0.39, 0.29) is 18.2 Å². The summed E-state index contributed by atoms with van der Waals surface area (Å²) in [7, 11) is 0. The predicted molar refractivity (Wildman–Crippen MR) is 124 cm³/mol. The van der Waals surface area contributed by atoms with Crippen LogP contribution in [0.5, 0.6) is 5.75 Å². The number of nitrogens with zero attached hydrogens (tertiary/aromatic N) is 3. The number of amides is 1. The molecule has 0 radical (unpaired) electrons. The third-order valence-corrected chi connectivity index (χ3v) is 5.76. The summed E-state index contributed by atoms with van der Waals surface area (Å²) in [5.41, 5.74) is 1.26. The molecule has 0 saturated carbocycles. The van der Waals surface area contributed by atoms with Crippen LogP contribution in [-0.4, -0.2) is 27.3 Å². The number of amidine groups is 1. The number of phenolic OH excluding ortho intramolecular Hbond substituents is 1. The van der Waals surface area contributed by atoms with Gasteiger partial charge in [0.1, 0.15) is 11.5 Å². The molecular formula is C22H15Cl2N3O3S. The van der Waals surface area contributed by atoms with Gasteiger partial charge in [-0.3, -0.25) is 9.69 Å². The minimum Gasteiger partial charge on any atom is -0.507 e. The van der Waals surface area contributed by atoms with Crippen LogP contribution >= 0.6 is 35.0 Å². The zero-order valence-corrected chi connectivity index (χ0v) is 18.2. The van der Waals surface area contributed by atoms with Crippen LogP contribution in [0.2, 0.25) is 10.0 Å². The van der Waals surface area contributed by atoms with Crippen LogP contribution in [0.25, 0.3) is 6.08 Å². The van der Waals surface area contributed by atoms with Gasteiger partial charge in [-0.05, 0) is 65.9 Å². The molecule has 0 spiro atoms. The van der Waals surface area contributed by atoms with Crippen LogP contribution in [-0.2, 0) is 11.3 Å². The fraction of sp³-hybridized carbons (Fsp3) is 0.0455. The average Bonchev–Trinajstić information content (AvgIpc) is 3.36. The van der Waals surface area contributed by atoms with E-state index < -0.39 is 0 Å². The molecule has 1 aliphatic heterocycles. The minimum atomic E-state index is -0.277. The Kier molecular flexibility index (Phi) is 6.46. The van der Waals surface area contributed by atoms with Crippen LogP contribution in [0, 0.1) is 0 Å². The fourth-order valence-corrected chi connectivity index (χ4v) is 3.99. The number of hydrogen-bond donors (Lipinski definition) is 1. The van der Waals surface area contributed by atoms with Gasteiger partial charge in [0.2, 0.25) is 0 Å². The number of aromatic hydroxyl groups is 1. The highest BCUT2D eigenvalue weighted by Crippen LogP contribution is 2.35. The number of rotatable bonds is 5. The molecule has 1 fully saturated rings. The first-order valence-electron chi connectivity index (χ1n) is 9.08. The first-order chi connectivity index (χ1) is 15.0. The molecule has 0 bridgehead atoms. The Morgan fingerprint density at radius 1 is 1.10 bits per heavy atom. The van der Waals surface area contributed by atoms with E-state index in [9.17, 15) is 9.90 Å². The van der Waals surface area contributed by atoms with Crippen molar-refractivity contribution in [3.63, 3.8) is 0 Å². The van der Waals surface area contributed by atoms with Crippen LogP contribution in [0.1, 0.15) is 16.9 Å². The Labute approximate surface area is 192 Å². The molecule has 1 aromatic heterocycles. The second kappa shape index (κ2) is 9.43. The predicted octanol–water partition coefficient (Wildman–Crippen LogP) is 5.80. The third-order valence-electron chi connectivity index (χ3n) is 4.28. The number of furan rings is 1. The lowest BCUT2D eigenvalue weighted by molar-refractivity contribution is -0.122. The van der Waals surface area contributed by atoms with Crippen molar-refractivity contribution in [1.29, 1.82) is 0 Å². The normalized spacial score (nSPS) is 16.8. The maximum atomic E-state index is 13.0. The SMILES string of the molecule is O=C1/C(=C/c2cc(Cl)ccc2O)S/C(=N\N=C\c2ccc(Cl)cc2)N1Cc1ccco1. The van der Waals surface area contributed by atoms with Crippen molar-refractivity contribution >= 4 is 58.3 Å². The van der Waals surface area contributed by atoms with Crippen LogP contribution in [0.15, 0.2) is 80.4 Å². The van der Waals surface area contributed by atoms with E-state index in [1.54, 1.807) is 55.0 Å². The van der Waals surface area contributed by atoms with Crippen molar-refractivity contribution in [3.05, 3.63) is 92.7 Å². The van der Waals surface area contributed by atoms with E-state index in [4.69, 9.17) is 27.6 Å². The molecule has 156 valence electrons. The van der Waals surface area contributed by atoms with Crippen molar-refractivity contribution in [2.45, 2.75) is 6.54 Å². The second-order valence-corrected chi connectivity index (χ2v) is 8.35.